The molecule has 4 rings (SSSR count). The summed E-state index contributed by atoms with van der Waals surface area (Å²) in [6.07, 6.45) is 3.92. The summed E-state index contributed by atoms with van der Waals surface area (Å²) in [5.41, 5.74) is 1.68. The van der Waals surface area contributed by atoms with Crippen molar-refractivity contribution in [1.29, 1.82) is 0 Å². The fraction of sp³-hybridized carbons (Fsp3) is 0.435. The normalized spacial score (nSPS) is 32.6. The quantitative estimate of drug-likeness (QED) is 0.562. The third-order valence-electron chi connectivity index (χ3n) is 6.55. The summed E-state index contributed by atoms with van der Waals surface area (Å²) in [7, 11) is 0. The lowest BCUT2D eigenvalue weighted by atomic mass is 9.56. The molecule has 0 saturated carbocycles. The number of hydrogen-bond acceptors (Lipinski definition) is 4. The number of hydrogen-bond donors (Lipinski definition) is 0. The zero-order valence-electron chi connectivity index (χ0n) is 16.1. The lowest BCUT2D eigenvalue weighted by Crippen LogP contribution is -2.54. The molecule has 142 valence electrons. The van der Waals surface area contributed by atoms with E-state index in [1.165, 1.54) is 5.57 Å². The fourth-order valence-electron chi connectivity index (χ4n) is 4.82. The number of esters is 1. The summed E-state index contributed by atoms with van der Waals surface area (Å²) in [6.45, 7) is 7.52. The Labute approximate surface area is 160 Å². The van der Waals surface area contributed by atoms with Crippen molar-refractivity contribution in [1.82, 2.24) is 0 Å². The van der Waals surface area contributed by atoms with Crippen LogP contribution in [0.15, 0.2) is 64.8 Å². The second-order valence-corrected chi connectivity index (χ2v) is 7.94. The molecule has 4 heteroatoms. The highest BCUT2D eigenvalue weighted by Gasteiger charge is 2.55. The highest BCUT2D eigenvalue weighted by atomic mass is 16.5. The number of furan rings is 1. The van der Waals surface area contributed by atoms with Gasteiger partial charge in [-0.15, -0.1) is 0 Å². The standard InChI is InChI=1S/C23H26O4/c1-15-12-16(2)23(14-27-22(24)18-8-5-4-6-9-18)13-26-21(20(15)17(23)3)19-10-7-11-25-19/h4-12,16-17,20-21H,13-14H2,1-3H3/t16-,17+,20+,21-,23-/m0/s1. The van der Waals surface area contributed by atoms with Gasteiger partial charge in [-0.05, 0) is 43.0 Å². The molecule has 2 aliphatic rings. The van der Waals surface area contributed by atoms with Crippen molar-refractivity contribution < 1.29 is 18.7 Å². The van der Waals surface area contributed by atoms with Crippen molar-refractivity contribution in [2.24, 2.45) is 23.2 Å². The lowest BCUT2D eigenvalue weighted by molar-refractivity contribution is -0.170. The highest BCUT2D eigenvalue weighted by molar-refractivity contribution is 5.89. The number of carbonyl (C=O) groups is 1. The molecule has 1 aliphatic carbocycles. The summed E-state index contributed by atoms with van der Waals surface area (Å²) in [6, 6.07) is 13.0. The maximum atomic E-state index is 12.5. The van der Waals surface area contributed by atoms with E-state index in [4.69, 9.17) is 13.9 Å². The Balaban J connectivity index is 1.58. The predicted octanol–water partition coefficient (Wildman–Crippen LogP) is 5.04. The van der Waals surface area contributed by atoms with E-state index >= 15 is 0 Å². The average Bonchev–Trinajstić information content (AvgIpc) is 3.20. The van der Waals surface area contributed by atoms with Crippen LogP contribution < -0.4 is 0 Å². The molecule has 1 fully saturated rings. The van der Waals surface area contributed by atoms with E-state index in [2.05, 4.69) is 26.8 Å². The third-order valence-corrected chi connectivity index (χ3v) is 6.55. The van der Waals surface area contributed by atoms with Gasteiger partial charge in [0.2, 0.25) is 0 Å². The molecule has 0 amide bonds. The molecular formula is C23H26O4. The molecule has 0 unspecified atom stereocenters. The Morgan fingerprint density at radius 1 is 1.19 bits per heavy atom. The first-order chi connectivity index (χ1) is 13.0. The van der Waals surface area contributed by atoms with E-state index in [0.717, 1.165) is 5.76 Å². The SMILES string of the molecule is CC1=C[C@H](C)[C@@]2(COC(=O)c3ccccc3)CO[C@@H](c3ccco3)[C@H]1[C@H]2C. The van der Waals surface area contributed by atoms with Gasteiger partial charge in [-0.2, -0.15) is 0 Å². The number of benzene rings is 1. The van der Waals surface area contributed by atoms with Crippen LogP contribution in [0.4, 0.5) is 0 Å². The number of carbonyl (C=O) groups excluding carboxylic acids is 1. The van der Waals surface area contributed by atoms with Gasteiger partial charge in [-0.3, -0.25) is 0 Å². The molecule has 1 aromatic carbocycles. The van der Waals surface area contributed by atoms with E-state index in [0.29, 0.717) is 24.7 Å². The zero-order chi connectivity index (χ0) is 19.0. The van der Waals surface area contributed by atoms with Crippen LogP contribution in [0, 0.1) is 23.2 Å². The van der Waals surface area contributed by atoms with E-state index in [-0.39, 0.29) is 29.3 Å². The van der Waals surface area contributed by atoms with Crippen LogP contribution in [0.2, 0.25) is 0 Å². The second kappa shape index (κ2) is 7.01. The number of ether oxygens (including phenoxy) is 2. The first kappa shape index (κ1) is 18.1. The molecule has 1 aliphatic heterocycles. The molecule has 2 heterocycles. The van der Waals surface area contributed by atoms with Crippen LogP contribution in [0.1, 0.15) is 43.0 Å². The topological polar surface area (TPSA) is 48.7 Å². The summed E-state index contributed by atoms with van der Waals surface area (Å²) < 4.78 is 17.7. The molecule has 27 heavy (non-hydrogen) atoms. The van der Waals surface area contributed by atoms with E-state index in [1.807, 2.05) is 30.3 Å². The molecule has 1 aromatic heterocycles. The molecular weight excluding hydrogens is 340 g/mol. The van der Waals surface area contributed by atoms with Crippen LogP contribution in [0.3, 0.4) is 0 Å². The first-order valence-corrected chi connectivity index (χ1v) is 9.58. The summed E-state index contributed by atoms with van der Waals surface area (Å²) in [5, 5.41) is 0. The smallest absolute Gasteiger partial charge is 0.338 e. The third kappa shape index (κ3) is 3.02. The van der Waals surface area contributed by atoms with Gasteiger partial charge in [0, 0.05) is 11.3 Å². The Bertz CT molecular complexity index is 823. The van der Waals surface area contributed by atoms with Gasteiger partial charge in [0.25, 0.3) is 0 Å². The van der Waals surface area contributed by atoms with Gasteiger partial charge in [-0.1, -0.05) is 43.7 Å². The lowest BCUT2D eigenvalue weighted by Gasteiger charge is -2.54. The minimum absolute atomic E-state index is 0.0864. The number of allylic oxidation sites excluding steroid dienone is 1. The van der Waals surface area contributed by atoms with Gasteiger partial charge in [0.15, 0.2) is 0 Å². The van der Waals surface area contributed by atoms with E-state index < -0.39 is 0 Å². The number of fused-ring (bicyclic) bond motifs is 2. The van der Waals surface area contributed by atoms with Crippen molar-refractivity contribution in [2.75, 3.05) is 13.2 Å². The molecule has 4 nitrogen and oxygen atoms in total. The summed E-state index contributed by atoms with van der Waals surface area (Å²) in [4.78, 5) is 12.5. The molecule has 0 spiro atoms. The van der Waals surface area contributed by atoms with Crippen LogP contribution in [-0.2, 0) is 9.47 Å². The van der Waals surface area contributed by atoms with E-state index in [9.17, 15) is 4.79 Å². The maximum absolute atomic E-state index is 12.5. The predicted molar refractivity (Wildman–Crippen MR) is 102 cm³/mol. The van der Waals surface area contributed by atoms with Gasteiger partial charge in [0.1, 0.15) is 18.5 Å². The van der Waals surface area contributed by atoms with Gasteiger partial charge in [-0.25, -0.2) is 4.79 Å². The molecule has 1 saturated heterocycles. The average molecular weight is 366 g/mol. The van der Waals surface area contributed by atoms with Crippen molar-refractivity contribution in [2.45, 2.75) is 26.9 Å². The van der Waals surface area contributed by atoms with Gasteiger partial charge >= 0.3 is 5.97 Å². The minimum Gasteiger partial charge on any atom is -0.467 e. The Morgan fingerprint density at radius 3 is 2.67 bits per heavy atom. The van der Waals surface area contributed by atoms with Crippen molar-refractivity contribution in [3.63, 3.8) is 0 Å². The fourth-order valence-corrected chi connectivity index (χ4v) is 4.82. The van der Waals surface area contributed by atoms with Crippen molar-refractivity contribution in [3.8, 4) is 0 Å². The summed E-state index contributed by atoms with van der Waals surface area (Å²) in [5.74, 6) is 1.38. The Hall–Kier alpha value is -2.33. The van der Waals surface area contributed by atoms with Crippen molar-refractivity contribution in [3.05, 3.63) is 71.7 Å². The summed E-state index contributed by atoms with van der Waals surface area (Å²) >= 11 is 0. The molecule has 0 N–H and O–H groups in total. The molecule has 2 aromatic rings. The molecule has 5 atom stereocenters. The number of rotatable bonds is 4. The van der Waals surface area contributed by atoms with Crippen LogP contribution in [0.5, 0.6) is 0 Å². The van der Waals surface area contributed by atoms with Crippen molar-refractivity contribution >= 4 is 5.97 Å². The molecule has 0 radical (unpaired) electrons. The van der Waals surface area contributed by atoms with E-state index in [1.54, 1.807) is 18.4 Å². The van der Waals surface area contributed by atoms with Gasteiger partial charge in [0.05, 0.1) is 18.4 Å². The van der Waals surface area contributed by atoms with Gasteiger partial charge < -0.3 is 13.9 Å². The largest absolute Gasteiger partial charge is 0.467 e. The Morgan fingerprint density at radius 2 is 1.96 bits per heavy atom. The monoisotopic (exact) mass is 366 g/mol. The minimum atomic E-state index is -0.277. The highest BCUT2D eigenvalue weighted by Crippen LogP contribution is 2.56. The maximum Gasteiger partial charge on any atom is 0.338 e. The Kier molecular flexibility index (Phi) is 4.68. The second-order valence-electron chi connectivity index (χ2n) is 7.94. The van der Waals surface area contributed by atoms with Crippen LogP contribution in [0.25, 0.3) is 0 Å². The first-order valence-electron chi connectivity index (χ1n) is 9.58. The molecule has 2 bridgehead atoms. The zero-order valence-corrected chi connectivity index (χ0v) is 16.1. The van der Waals surface area contributed by atoms with Crippen LogP contribution >= 0.6 is 0 Å². The van der Waals surface area contributed by atoms with Crippen LogP contribution in [-0.4, -0.2) is 19.2 Å².